The van der Waals surface area contributed by atoms with E-state index in [0.29, 0.717) is 24.0 Å². The summed E-state index contributed by atoms with van der Waals surface area (Å²) in [5.74, 6) is 1.33. The highest BCUT2D eigenvalue weighted by molar-refractivity contribution is 6.12. The molecule has 7 nitrogen and oxygen atoms in total. The van der Waals surface area contributed by atoms with Gasteiger partial charge >= 0.3 is 0 Å². The maximum atomic E-state index is 12.6. The van der Waals surface area contributed by atoms with Crippen LogP contribution in [0.25, 0.3) is 10.9 Å². The second-order valence-electron chi connectivity index (χ2n) is 6.40. The van der Waals surface area contributed by atoms with Gasteiger partial charge in [0, 0.05) is 42.7 Å². The first-order valence-electron chi connectivity index (χ1n) is 8.38. The quantitative estimate of drug-likeness (QED) is 0.692. The fraction of sp³-hybridized carbons (Fsp3) is 0.389. The molecule has 0 aliphatic carbocycles. The zero-order valence-electron chi connectivity index (χ0n) is 14.7. The van der Waals surface area contributed by atoms with Crippen LogP contribution in [0.5, 0.6) is 0 Å². The topological polar surface area (TPSA) is 84.8 Å². The van der Waals surface area contributed by atoms with E-state index in [2.05, 4.69) is 38.9 Å². The fourth-order valence-corrected chi connectivity index (χ4v) is 2.80. The molecule has 3 rings (SSSR count). The molecule has 0 bridgehead atoms. The number of H-pyrrole nitrogens is 1. The van der Waals surface area contributed by atoms with Gasteiger partial charge in [0.05, 0.1) is 6.61 Å². The van der Waals surface area contributed by atoms with Crippen LogP contribution in [0.4, 0.5) is 5.95 Å². The Labute approximate surface area is 146 Å². The molecule has 1 aromatic carbocycles. The van der Waals surface area contributed by atoms with Crippen LogP contribution in [0.3, 0.4) is 0 Å². The van der Waals surface area contributed by atoms with Gasteiger partial charge in [0.25, 0.3) is 5.91 Å². The molecule has 7 heteroatoms. The second kappa shape index (κ2) is 7.48. The summed E-state index contributed by atoms with van der Waals surface area (Å²) < 4.78 is 7.20. The van der Waals surface area contributed by atoms with Crippen molar-refractivity contribution in [3.8, 4) is 0 Å². The van der Waals surface area contributed by atoms with Gasteiger partial charge in [0.15, 0.2) is 0 Å². The summed E-state index contributed by atoms with van der Waals surface area (Å²) in [5.41, 5.74) is 1.60. The number of anilines is 1. The number of aromatic amines is 1. The van der Waals surface area contributed by atoms with Crippen molar-refractivity contribution in [3.63, 3.8) is 0 Å². The van der Waals surface area contributed by atoms with Crippen LogP contribution in [0.1, 0.15) is 30.0 Å². The summed E-state index contributed by atoms with van der Waals surface area (Å²) in [6, 6.07) is 7.63. The molecule has 0 fully saturated rings. The summed E-state index contributed by atoms with van der Waals surface area (Å²) in [5, 5.41) is 10.6. The highest BCUT2D eigenvalue weighted by atomic mass is 16.5. The van der Waals surface area contributed by atoms with Gasteiger partial charge in [-0.05, 0) is 24.1 Å². The normalized spacial score (nSPS) is 11.4. The third kappa shape index (κ3) is 3.88. The molecule has 25 heavy (non-hydrogen) atoms. The van der Waals surface area contributed by atoms with E-state index in [-0.39, 0.29) is 5.91 Å². The summed E-state index contributed by atoms with van der Waals surface area (Å²) in [4.78, 5) is 17.0. The summed E-state index contributed by atoms with van der Waals surface area (Å²) >= 11 is 0. The van der Waals surface area contributed by atoms with Crippen LogP contribution in [0.15, 0.2) is 30.5 Å². The number of benzene rings is 1. The van der Waals surface area contributed by atoms with Crippen LogP contribution in [-0.4, -0.2) is 39.4 Å². The minimum atomic E-state index is -0.217. The minimum Gasteiger partial charge on any atom is -0.383 e. The number of ether oxygens (including phenoxy) is 1. The van der Waals surface area contributed by atoms with Crippen molar-refractivity contribution in [2.45, 2.75) is 26.8 Å². The second-order valence-corrected chi connectivity index (χ2v) is 6.40. The van der Waals surface area contributed by atoms with Gasteiger partial charge < -0.3 is 9.30 Å². The van der Waals surface area contributed by atoms with Gasteiger partial charge in [-0.1, -0.05) is 19.9 Å². The van der Waals surface area contributed by atoms with Crippen LogP contribution in [0.2, 0.25) is 0 Å². The molecular weight excluding hydrogens is 318 g/mol. The third-order valence-corrected chi connectivity index (χ3v) is 3.95. The predicted octanol–water partition coefficient (Wildman–Crippen LogP) is 2.86. The van der Waals surface area contributed by atoms with E-state index in [4.69, 9.17) is 4.74 Å². The van der Waals surface area contributed by atoms with E-state index < -0.39 is 0 Å². The lowest BCUT2D eigenvalue weighted by Gasteiger charge is -2.06. The Bertz CT molecular complexity index is 865. The Morgan fingerprint density at radius 2 is 2.20 bits per heavy atom. The molecule has 0 saturated heterocycles. The predicted molar refractivity (Wildman–Crippen MR) is 96.7 cm³/mol. The number of fused-ring (bicyclic) bond motifs is 1. The number of nitrogens with zero attached hydrogens (tertiary/aromatic N) is 3. The van der Waals surface area contributed by atoms with Crippen molar-refractivity contribution in [2.24, 2.45) is 5.92 Å². The van der Waals surface area contributed by atoms with E-state index in [1.165, 1.54) is 0 Å². The molecule has 2 heterocycles. The Balaban J connectivity index is 1.80. The highest BCUT2D eigenvalue weighted by Crippen LogP contribution is 2.21. The molecule has 0 saturated carbocycles. The van der Waals surface area contributed by atoms with Crippen molar-refractivity contribution in [1.29, 1.82) is 0 Å². The van der Waals surface area contributed by atoms with Crippen molar-refractivity contribution in [1.82, 2.24) is 19.7 Å². The number of carbonyl (C=O) groups is 1. The summed E-state index contributed by atoms with van der Waals surface area (Å²) in [6.45, 7) is 5.58. The Kier molecular flexibility index (Phi) is 5.14. The fourth-order valence-electron chi connectivity index (χ4n) is 2.80. The molecule has 1 amide bonds. The van der Waals surface area contributed by atoms with E-state index in [9.17, 15) is 4.79 Å². The average molecular weight is 341 g/mol. The number of aromatic nitrogens is 4. The largest absolute Gasteiger partial charge is 0.383 e. The molecule has 2 N–H and O–H groups in total. The van der Waals surface area contributed by atoms with Gasteiger partial charge in [-0.3, -0.25) is 15.2 Å². The number of hydrogen-bond acceptors (Lipinski definition) is 4. The van der Waals surface area contributed by atoms with Crippen molar-refractivity contribution in [2.75, 3.05) is 19.0 Å². The van der Waals surface area contributed by atoms with Crippen molar-refractivity contribution in [3.05, 3.63) is 41.9 Å². The Hall–Kier alpha value is -2.67. The minimum absolute atomic E-state index is 0.217. The molecular formula is C18H23N5O2. The van der Waals surface area contributed by atoms with Crippen LogP contribution >= 0.6 is 0 Å². The van der Waals surface area contributed by atoms with Gasteiger partial charge in [0.1, 0.15) is 5.82 Å². The van der Waals surface area contributed by atoms with Crippen LogP contribution in [-0.2, 0) is 17.7 Å². The molecule has 0 aliphatic rings. The first kappa shape index (κ1) is 17.2. The molecule has 2 aromatic heterocycles. The summed E-state index contributed by atoms with van der Waals surface area (Å²) in [7, 11) is 1.68. The molecule has 0 spiro atoms. The highest BCUT2D eigenvalue weighted by Gasteiger charge is 2.14. The van der Waals surface area contributed by atoms with Gasteiger partial charge in [0.2, 0.25) is 5.95 Å². The molecule has 0 aliphatic heterocycles. The SMILES string of the molecule is COCCn1ccc2c(C(=O)Nc3n[nH]c(CC(C)C)n3)cccc21. The van der Waals surface area contributed by atoms with Gasteiger partial charge in [-0.25, -0.2) is 0 Å². The average Bonchev–Trinajstić information content (AvgIpc) is 3.18. The molecule has 132 valence electrons. The van der Waals surface area contributed by atoms with E-state index in [1.54, 1.807) is 13.2 Å². The zero-order valence-corrected chi connectivity index (χ0v) is 14.7. The number of amides is 1. The van der Waals surface area contributed by atoms with Crippen LogP contribution in [0, 0.1) is 5.92 Å². The van der Waals surface area contributed by atoms with Crippen molar-refractivity contribution >= 4 is 22.8 Å². The maximum absolute atomic E-state index is 12.6. The summed E-state index contributed by atoms with van der Waals surface area (Å²) in [6.07, 6.45) is 2.76. The van der Waals surface area contributed by atoms with Gasteiger partial charge in [-0.2, -0.15) is 4.98 Å². The molecule has 0 unspecified atom stereocenters. The number of methoxy groups -OCH3 is 1. The number of nitrogens with one attached hydrogen (secondary N) is 2. The smallest absolute Gasteiger partial charge is 0.258 e. The monoisotopic (exact) mass is 341 g/mol. The lowest BCUT2D eigenvalue weighted by Crippen LogP contribution is -2.13. The number of rotatable bonds is 7. The van der Waals surface area contributed by atoms with E-state index >= 15 is 0 Å². The molecule has 0 radical (unpaired) electrons. The maximum Gasteiger partial charge on any atom is 0.258 e. The lowest BCUT2D eigenvalue weighted by molar-refractivity contribution is 0.102. The number of hydrogen-bond donors (Lipinski definition) is 2. The van der Waals surface area contributed by atoms with Crippen molar-refractivity contribution < 1.29 is 9.53 Å². The first-order valence-corrected chi connectivity index (χ1v) is 8.38. The lowest BCUT2D eigenvalue weighted by atomic mass is 10.1. The standard InChI is InChI=1S/C18H23N5O2/c1-12(2)11-16-19-18(22-21-16)20-17(24)14-5-4-6-15-13(14)7-8-23(15)9-10-25-3/h4-8,12H,9-11H2,1-3H3,(H2,19,20,21,22,24). The van der Waals surface area contributed by atoms with Gasteiger partial charge in [-0.15, -0.1) is 5.10 Å². The van der Waals surface area contributed by atoms with Crippen LogP contribution < -0.4 is 5.32 Å². The zero-order chi connectivity index (χ0) is 17.8. The van der Waals surface area contributed by atoms with E-state index in [1.807, 2.05) is 24.4 Å². The number of carbonyl (C=O) groups excluding carboxylic acids is 1. The third-order valence-electron chi connectivity index (χ3n) is 3.95. The molecule has 3 aromatic rings. The first-order chi connectivity index (χ1) is 12.1. The Morgan fingerprint density at radius 1 is 1.36 bits per heavy atom. The molecule has 0 atom stereocenters. The Morgan fingerprint density at radius 3 is 2.96 bits per heavy atom. The van der Waals surface area contributed by atoms with E-state index in [0.717, 1.165) is 29.7 Å².